The number of rotatable bonds is 5. The lowest BCUT2D eigenvalue weighted by Crippen LogP contribution is -2.53. The van der Waals surface area contributed by atoms with Gasteiger partial charge in [-0.1, -0.05) is 12.1 Å². The highest BCUT2D eigenvalue weighted by Crippen LogP contribution is 2.26. The van der Waals surface area contributed by atoms with Crippen LogP contribution in [0.2, 0.25) is 0 Å². The number of hydrogen-bond acceptors (Lipinski definition) is 5. The maximum Gasteiger partial charge on any atom is 0.305 e. The van der Waals surface area contributed by atoms with Crippen molar-refractivity contribution in [2.75, 3.05) is 13.2 Å². The van der Waals surface area contributed by atoms with Gasteiger partial charge in [-0.05, 0) is 25.0 Å². The molecule has 1 aliphatic heterocycles. The number of nitrogens with zero attached hydrogens (tertiary/aromatic N) is 1. The molecule has 1 saturated heterocycles. The number of carboxylic acid groups (broad SMARTS) is 1. The van der Waals surface area contributed by atoms with Crippen molar-refractivity contribution in [3.8, 4) is 11.3 Å². The molecule has 3 rings (SSSR count). The summed E-state index contributed by atoms with van der Waals surface area (Å²) in [6.45, 7) is 0.885. The molecule has 1 amide bonds. The van der Waals surface area contributed by atoms with E-state index < -0.39 is 11.5 Å². The second-order valence-electron chi connectivity index (χ2n) is 5.86. The van der Waals surface area contributed by atoms with Crippen LogP contribution in [0.5, 0.6) is 0 Å². The topological polar surface area (TPSA) is 102 Å². The van der Waals surface area contributed by atoms with Crippen LogP contribution in [0.3, 0.4) is 0 Å². The second-order valence-corrected chi connectivity index (χ2v) is 5.86. The highest BCUT2D eigenvalue weighted by Gasteiger charge is 2.36. The van der Waals surface area contributed by atoms with Crippen molar-refractivity contribution in [2.24, 2.45) is 0 Å². The molecule has 1 aromatic carbocycles. The summed E-state index contributed by atoms with van der Waals surface area (Å²) in [5.41, 5.74) is 0.523. The molecule has 2 N–H and O–H groups in total. The molecule has 0 saturated carbocycles. The monoisotopic (exact) mass is 330 g/mol. The number of benzene rings is 1. The Labute approximate surface area is 138 Å². The van der Waals surface area contributed by atoms with E-state index in [1.165, 1.54) is 6.39 Å². The molecule has 0 radical (unpaired) electrons. The average molecular weight is 330 g/mol. The number of aromatic nitrogens is 1. The maximum atomic E-state index is 12.5. The average Bonchev–Trinajstić information content (AvgIpc) is 3.09. The van der Waals surface area contributed by atoms with E-state index in [1.807, 2.05) is 0 Å². The number of carboxylic acids is 1. The smallest absolute Gasteiger partial charge is 0.305 e. The molecule has 126 valence electrons. The van der Waals surface area contributed by atoms with E-state index in [1.54, 1.807) is 30.5 Å². The summed E-state index contributed by atoms with van der Waals surface area (Å²) in [5, 5.41) is 12.0. The number of aliphatic carboxylic acids is 1. The Balaban J connectivity index is 1.74. The highest BCUT2D eigenvalue weighted by atomic mass is 16.5. The van der Waals surface area contributed by atoms with Crippen molar-refractivity contribution < 1.29 is 23.8 Å². The standard InChI is InChI=1S/C17H18N2O5/c20-15(21)9-17(5-7-23-8-6-17)19-16(22)13-3-1-12(2-4-13)14-10-18-11-24-14/h1-4,10-11H,5-9H2,(H,19,22)(H,20,21). The van der Waals surface area contributed by atoms with Gasteiger partial charge < -0.3 is 19.6 Å². The molecule has 1 fully saturated rings. The van der Waals surface area contributed by atoms with Crippen LogP contribution in [-0.2, 0) is 9.53 Å². The second kappa shape index (κ2) is 6.84. The van der Waals surface area contributed by atoms with Crippen LogP contribution < -0.4 is 5.32 Å². The maximum absolute atomic E-state index is 12.5. The van der Waals surface area contributed by atoms with E-state index in [-0.39, 0.29) is 12.3 Å². The quantitative estimate of drug-likeness (QED) is 0.870. The van der Waals surface area contributed by atoms with Crippen LogP contribution in [0, 0.1) is 0 Å². The third kappa shape index (κ3) is 3.62. The van der Waals surface area contributed by atoms with Crippen molar-refractivity contribution in [1.82, 2.24) is 10.3 Å². The third-order valence-electron chi connectivity index (χ3n) is 4.18. The van der Waals surface area contributed by atoms with Gasteiger partial charge in [0.25, 0.3) is 5.91 Å². The Morgan fingerprint density at radius 2 is 1.92 bits per heavy atom. The molecular formula is C17H18N2O5. The molecule has 2 heterocycles. The molecule has 1 aromatic heterocycles. The molecule has 1 aliphatic rings. The van der Waals surface area contributed by atoms with Gasteiger partial charge in [0, 0.05) is 24.3 Å². The SMILES string of the molecule is O=C(O)CC1(NC(=O)c2ccc(-c3cnco3)cc2)CCOCC1. The number of oxazole rings is 1. The Kier molecular flexibility index (Phi) is 4.61. The van der Waals surface area contributed by atoms with Crippen LogP contribution >= 0.6 is 0 Å². The van der Waals surface area contributed by atoms with Gasteiger partial charge in [0.05, 0.1) is 18.2 Å². The van der Waals surface area contributed by atoms with Gasteiger partial charge in [-0.2, -0.15) is 0 Å². The fourth-order valence-corrected chi connectivity index (χ4v) is 2.85. The van der Waals surface area contributed by atoms with Crippen molar-refractivity contribution in [2.45, 2.75) is 24.8 Å². The lowest BCUT2D eigenvalue weighted by molar-refractivity contribution is -0.139. The Morgan fingerprint density at radius 1 is 1.21 bits per heavy atom. The summed E-state index contributed by atoms with van der Waals surface area (Å²) >= 11 is 0. The van der Waals surface area contributed by atoms with E-state index in [9.17, 15) is 9.59 Å². The number of nitrogens with one attached hydrogen (secondary N) is 1. The molecule has 7 heteroatoms. The van der Waals surface area contributed by atoms with Gasteiger partial charge in [-0.15, -0.1) is 0 Å². The summed E-state index contributed by atoms with van der Waals surface area (Å²) in [7, 11) is 0. The van der Waals surface area contributed by atoms with Crippen LogP contribution in [0.4, 0.5) is 0 Å². The molecule has 0 unspecified atom stereocenters. The lowest BCUT2D eigenvalue weighted by Gasteiger charge is -2.36. The summed E-state index contributed by atoms with van der Waals surface area (Å²) < 4.78 is 10.5. The van der Waals surface area contributed by atoms with Crippen molar-refractivity contribution in [1.29, 1.82) is 0 Å². The highest BCUT2D eigenvalue weighted by molar-refractivity contribution is 5.95. The lowest BCUT2D eigenvalue weighted by atomic mass is 9.86. The molecule has 0 bridgehead atoms. The molecule has 7 nitrogen and oxygen atoms in total. The molecule has 2 aromatic rings. The minimum absolute atomic E-state index is 0.113. The van der Waals surface area contributed by atoms with Gasteiger partial charge in [0.15, 0.2) is 12.2 Å². The summed E-state index contributed by atoms with van der Waals surface area (Å²) in [4.78, 5) is 27.5. The van der Waals surface area contributed by atoms with Crippen LogP contribution in [0.25, 0.3) is 11.3 Å². The minimum Gasteiger partial charge on any atom is -0.481 e. The van der Waals surface area contributed by atoms with E-state index in [0.717, 1.165) is 5.56 Å². The van der Waals surface area contributed by atoms with Gasteiger partial charge in [-0.25, -0.2) is 4.98 Å². The predicted octanol–water partition coefficient (Wildman–Crippen LogP) is 2.10. The zero-order valence-electron chi connectivity index (χ0n) is 13.0. The molecular weight excluding hydrogens is 312 g/mol. The summed E-state index contributed by atoms with van der Waals surface area (Å²) in [6.07, 6.45) is 3.80. The van der Waals surface area contributed by atoms with Gasteiger partial charge in [-0.3, -0.25) is 9.59 Å². The summed E-state index contributed by atoms with van der Waals surface area (Å²) in [6, 6.07) is 6.90. The van der Waals surface area contributed by atoms with Crippen molar-refractivity contribution in [3.05, 3.63) is 42.4 Å². The van der Waals surface area contributed by atoms with E-state index >= 15 is 0 Å². The first kappa shape index (κ1) is 16.2. The van der Waals surface area contributed by atoms with Gasteiger partial charge in [0.1, 0.15) is 0 Å². The fraction of sp³-hybridized carbons (Fsp3) is 0.353. The molecule has 0 atom stereocenters. The van der Waals surface area contributed by atoms with Crippen LogP contribution in [0.1, 0.15) is 29.6 Å². The van der Waals surface area contributed by atoms with Crippen LogP contribution in [0.15, 0.2) is 41.3 Å². The largest absolute Gasteiger partial charge is 0.481 e. The first-order chi connectivity index (χ1) is 11.6. The minimum atomic E-state index is -0.933. The van der Waals surface area contributed by atoms with Crippen LogP contribution in [-0.4, -0.2) is 40.7 Å². The van der Waals surface area contributed by atoms with Gasteiger partial charge >= 0.3 is 5.97 Å². The number of hydrogen-bond donors (Lipinski definition) is 2. The third-order valence-corrected chi connectivity index (χ3v) is 4.18. The zero-order valence-corrected chi connectivity index (χ0v) is 13.0. The Morgan fingerprint density at radius 3 is 2.50 bits per heavy atom. The predicted molar refractivity (Wildman–Crippen MR) is 84.4 cm³/mol. The van der Waals surface area contributed by atoms with E-state index in [0.29, 0.717) is 37.4 Å². The van der Waals surface area contributed by atoms with Crippen molar-refractivity contribution in [3.63, 3.8) is 0 Å². The van der Waals surface area contributed by atoms with E-state index in [4.69, 9.17) is 14.3 Å². The fourth-order valence-electron chi connectivity index (χ4n) is 2.85. The Hall–Kier alpha value is -2.67. The first-order valence-electron chi connectivity index (χ1n) is 7.69. The normalized spacial score (nSPS) is 16.5. The zero-order chi connectivity index (χ0) is 17.0. The number of carbonyl (C=O) groups is 2. The Bertz CT molecular complexity index is 703. The molecule has 0 spiro atoms. The number of ether oxygens (including phenoxy) is 1. The summed E-state index contributed by atoms with van der Waals surface area (Å²) in [5.74, 6) is -0.603. The first-order valence-corrected chi connectivity index (χ1v) is 7.69. The number of amides is 1. The molecule has 0 aliphatic carbocycles. The number of carbonyl (C=O) groups excluding carboxylic acids is 1. The van der Waals surface area contributed by atoms with E-state index in [2.05, 4.69) is 10.3 Å². The van der Waals surface area contributed by atoms with Gasteiger partial charge in [0.2, 0.25) is 0 Å². The molecule has 24 heavy (non-hydrogen) atoms. The van der Waals surface area contributed by atoms with Crippen molar-refractivity contribution >= 4 is 11.9 Å².